The Morgan fingerprint density at radius 3 is 2.31 bits per heavy atom. The largest absolute Gasteiger partial charge is 0.508 e. The highest BCUT2D eigenvalue weighted by atomic mass is 16.6. The normalized spacial score (nSPS) is 23.9. The number of hydrogen-bond acceptors (Lipinski definition) is 11. The standard InChI is InChI=1S/C24H22O12/c25-11-3-1-10(2-4-11)13-8-35-23-12(19(13)30)5-6-14(26)18(23)24-22(33)21(32)20(31)15(36-24)9-34-17(29)7-16(27)28/h1-6,8,15,20-22,24-26,31-33H,7,9H2,(H,27,28)/t15-,20-,21+,22-,24+/m1/s1. The van der Waals surface area contributed by atoms with Crippen LogP contribution in [0.15, 0.2) is 51.9 Å². The molecule has 2 heterocycles. The number of ether oxygens (including phenoxy) is 2. The highest BCUT2D eigenvalue weighted by Crippen LogP contribution is 2.40. The molecule has 1 aliphatic heterocycles. The van der Waals surface area contributed by atoms with Crippen LogP contribution in [0.2, 0.25) is 0 Å². The first kappa shape index (κ1) is 25.1. The SMILES string of the molecule is O=C(O)CC(=O)OC[C@H]1O[C@@H](c2c(O)ccc3c(=O)c(-c4ccc(O)cc4)coc23)[C@H](O)[C@@H](O)[C@@H]1O. The van der Waals surface area contributed by atoms with Crippen molar-refractivity contribution in [2.45, 2.75) is 36.9 Å². The van der Waals surface area contributed by atoms with Gasteiger partial charge < -0.3 is 44.5 Å². The molecular formula is C24H22O12. The van der Waals surface area contributed by atoms with Crippen molar-refractivity contribution in [2.75, 3.05) is 6.61 Å². The lowest BCUT2D eigenvalue weighted by Gasteiger charge is -2.40. The molecule has 2 aromatic carbocycles. The zero-order chi connectivity index (χ0) is 26.1. The van der Waals surface area contributed by atoms with Gasteiger partial charge in [0.15, 0.2) is 0 Å². The molecule has 4 rings (SSSR count). The minimum absolute atomic E-state index is 0.00325. The van der Waals surface area contributed by atoms with Crippen molar-refractivity contribution in [3.05, 3.63) is 58.4 Å². The first-order valence-corrected chi connectivity index (χ1v) is 10.7. The Morgan fingerprint density at radius 1 is 0.944 bits per heavy atom. The van der Waals surface area contributed by atoms with E-state index in [1.807, 2.05) is 0 Å². The molecule has 1 saturated heterocycles. The topological polar surface area (TPSA) is 204 Å². The Hall–Kier alpha value is -3.97. The van der Waals surface area contributed by atoms with E-state index in [1.165, 1.54) is 36.4 Å². The van der Waals surface area contributed by atoms with Crippen LogP contribution in [-0.2, 0) is 19.1 Å². The summed E-state index contributed by atoms with van der Waals surface area (Å²) in [6.07, 6.45) is -8.07. The number of rotatable bonds is 6. The summed E-state index contributed by atoms with van der Waals surface area (Å²) < 4.78 is 16.1. The molecule has 5 atom stereocenters. The molecule has 0 radical (unpaired) electrons. The lowest BCUT2D eigenvalue weighted by atomic mass is 9.89. The molecule has 3 aromatic rings. The quantitative estimate of drug-likeness (QED) is 0.200. The summed E-state index contributed by atoms with van der Waals surface area (Å²) in [5.41, 5.74) is -0.232. The maximum absolute atomic E-state index is 13.2. The Bertz CT molecular complexity index is 1350. The third-order valence-electron chi connectivity index (χ3n) is 5.84. The van der Waals surface area contributed by atoms with Gasteiger partial charge >= 0.3 is 11.9 Å². The van der Waals surface area contributed by atoms with Gasteiger partial charge in [-0.3, -0.25) is 14.4 Å². The van der Waals surface area contributed by atoms with Crippen LogP contribution in [0.3, 0.4) is 0 Å². The Labute approximate surface area is 202 Å². The molecular weight excluding hydrogens is 480 g/mol. The number of aliphatic hydroxyl groups is 3. The average molecular weight is 502 g/mol. The third kappa shape index (κ3) is 4.75. The van der Waals surface area contributed by atoms with Gasteiger partial charge in [0.2, 0.25) is 5.43 Å². The van der Waals surface area contributed by atoms with E-state index < -0.39 is 66.7 Å². The van der Waals surface area contributed by atoms with E-state index in [2.05, 4.69) is 0 Å². The van der Waals surface area contributed by atoms with Crippen LogP contribution in [0, 0.1) is 0 Å². The molecule has 1 fully saturated rings. The Morgan fingerprint density at radius 2 is 1.64 bits per heavy atom. The summed E-state index contributed by atoms with van der Waals surface area (Å²) in [6, 6.07) is 8.28. The maximum Gasteiger partial charge on any atom is 0.317 e. The first-order valence-electron chi connectivity index (χ1n) is 10.7. The molecule has 190 valence electrons. The molecule has 0 aliphatic carbocycles. The lowest BCUT2D eigenvalue weighted by molar-refractivity contribution is -0.234. The molecule has 0 unspecified atom stereocenters. The monoisotopic (exact) mass is 502 g/mol. The molecule has 0 spiro atoms. The minimum atomic E-state index is -1.82. The van der Waals surface area contributed by atoms with Gasteiger partial charge in [0.05, 0.1) is 16.5 Å². The van der Waals surface area contributed by atoms with Crippen LogP contribution in [0.4, 0.5) is 0 Å². The Kier molecular flexibility index (Phi) is 6.95. The van der Waals surface area contributed by atoms with Crippen molar-refractivity contribution in [3.8, 4) is 22.6 Å². The molecule has 0 bridgehead atoms. The smallest absolute Gasteiger partial charge is 0.317 e. The number of fused-ring (bicyclic) bond motifs is 1. The molecule has 36 heavy (non-hydrogen) atoms. The van der Waals surface area contributed by atoms with Crippen molar-refractivity contribution >= 4 is 22.9 Å². The van der Waals surface area contributed by atoms with Gasteiger partial charge in [-0.05, 0) is 29.8 Å². The number of aliphatic hydroxyl groups excluding tert-OH is 3. The summed E-state index contributed by atoms with van der Waals surface area (Å²) in [5, 5.41) is 60.0. The van der Waals surface area contributed by atoms with Gasteiger partial charge in [-0.15, -0.1) is 0 Å². The van der Waals surface area contributed by atoms with Crippen LogP contribution >= 0.6 is 0 Å². The van der Waals surface area contributed by atoms with Gasteiger partial charge in [0, 0.05) is 0 Å². The van der Waals surface area contributed by atoms with Crippen LogP contribution < -0.4 is 5.43 Å². The van der Waals surface area contributed by atoms with Gasteiger partial charge in [-0.1, -0.05) is 12.1 Å². The van der Waals surface area contributed by atoms with Crippen LogP contribution in [0.1, 0.15) is 18.1 Å². The number of benzene rings is 2. The second-order valence-electron chi connectivity index (χ2n) is 8.22. The summed E-state index contributed by atoms with van der Waals surface area (Å²) in [4.78, 5) is 35.4. The fourth-order valence-corrected chi connectivity index (χ4v) is 4.00. The highest BCUT2D eigenvalue weighted by molar-refractivity contribution is 5.90. The van der Waals surface area contributed by atoms with Gasteiger partial charge in [0.1, 0.15) is 66.9 Å². The van der Waals surface area contributed by atoms with Crippen LogP contribution in [0.25, 0.3) is 22.1 Å². The number of carbonyl (C=O) groups is 2. The second-order valence-corrected chi connectivity index (χ2v) is 8.22. The first-order chi connectivity index (χ1) is 17.1. The number of aromatic hydroxyl groups is 2. The van der Waals surface area contributed by atoms with Crippen molar-refractivity contribution < 1.29 is 54.1 Å². The highest BCUT2D eigenvalue weighted by Gasteiger charge is 2.46. The van der Waals surface area contributed by atoms with E-state index in [1.54, 1.807) is 0 Å². The number of phenols is 2. The van der Waals surface area contributed by atoms with E-state index in [-0.39, 0.29) is 27.8 Å². The molecule has 0 saturated carbocycles. The number of carbonyl (C=O) groups excluding carboxylic acids is 1. The number of hydrogen-bond donors (Lipinski definition) is 6. The molecule has 12 nitrogen and oxygen atoms in total. The summed E-state index contributed by atoms with van der Waals surface area (Å²) in [6.45, 7) is -0.659. The maximum atomic E-state index is 13.2. The second kappa shape index (κ2) is 9.95. The zero-order valence-electron chi connectivity index (χ0n) is 18.5. The van der Waals surface area contributed by atoms with Gasteiger partial charge in [-0.25, -0.2) is 0 Å². The zero-order valence-corrected chi connectivity index (χ0v) is 18.5. The number of aliphatic carboxylic acids is 1. The van der Waals surface area contributed by atoms with Crippen molar-refractivity contribution in [3.63, 3.8) is 0 Å². The van der Waals surface area contributed by atoms with E-state index in [0.29, 0.717) is 5.56 Å². The molecule has 1 aliphatic rings. The number of esters is 1. The third-order valence-corrected chi connectivity index (χ3v) is 5.84. The van der Waals surface area contributed by atoms with Gasteiger partial charge in [0.25, 0.3) is 0 Å². The summed E-state index contributed by atoms with van der Waals surface area (Å²) in [7, 11) is 0. The van der Waals surface area contributed by atoms with Crippen LogP contribution in [-0.4, -0.2) is 73.6 Å². The fraction of sp³-hybridized carbons (Fsp3) is 0.292. The predicted octanol–water partition coefficient (Wildman–Crippen LogP) is 0.412. The summed E-state index contributed by atoms with van der Waals surface area (Å²) in [5.74, 6) is -2.99. The van der Waals surface area contributed by atoms with E-state index >= 15 is 0 Å². The van der Waals surface area contributed by atoms with E-state index in [4.69, 9.17) is 19.0 Å². The fourth-order valence-electron chi connectivity index (χ4n) is 4.00. The van der Waals surface area contributed by atoms with Crippen molar-refractivity contribution in [1.82, 2.24) is 0 Å². The molecule has 0 amide bonds. The number of phenolic OH excluding ortho intramolecular Hbond substituents is 2. The van der Waals surface area contributed by atoms with Crippen molar-refractivity contribution in [1.29, 1.82) is 0 Å². The average Bonchev–Trinajstić information content (AvgIpc) is 2.83. The van der Waals surface area contributed by atoms with Gasteiger partial charge in [-0.2, -0.15) is 0 Å². The van der Waals surface area contributed by atoms with E-state index in [0.717, 1.165) is 6.26 Å². The predicted molar refractivity (Wildman–Crippen MR) is 120 cm³/mol. The molecule has 6 N–H and O–H groups in total. The molecule has 12 heteroatoms. The minimum Gasteiger partial charge on any atom is -0.508 e. The number of carboxylic acid groups (broad SMARTS) is 1. The summed E-state index contributed by atoms with van der Waals surface area (Å²) >= 11 is 0. The Balaban J connectivity index is 1.71. The molecule has 1 aromatic heterocycles. The van der Waals surface area contributed by atoms with Crippen molar-refractivity contribution in [2.24, 2.45) is 0 Å². The van der Waals surface area contributed by atoms with Crippen LogP contribution in [0.5, 0.6) is 11.5 Å². The number of carboxylic acids is 1. The van der Waals surface area contributed by atoms with E-state index in [9.17, 15) is 39.9 Å². The lowest BCUT2D eigenvalue weighted by Crippen LogP contribution is -2.55.